The number of likely N-dealkylation sites (tertiary alicyclic amines) is 1. The number of hydrogen-bond donors (Lipinski definition) is 2. The summed E-state index contributed by atoms with van der Waals surface area (Å²) in [5, 5.41) is 12.0. The quantitative estimate of drug-likeness (QED) is 0.830. The Morgan fingerprint density at radius 2 is 2.09 bits per heavy atom. The summed E-state index contributed by atoms with van der Waals surface area (Å²) in [7, 11) is 0. The smallest absolute Gasteiger partial charge is 0.308 e. The Morgan fingerprint density at radius 3 is 2.70 bits per heavy atom. The van der Waals surface area contributed by atoms with Gasteiger partial charge in [0.1, 0.15) is 0 Å². The average Bonchev–Trinajstić information content (AvgIpc) is 2.59. The van der Waals surface area contributed by atoms with Gasteiger partial charge in [-0.3, -0.25) is 19.4 Å². The molecule has 0 saturated carbocycles. The van der Waals surface area contributed by atoms with Crippen molar-refractivity contribution < 1.29 is 19.5 Å². The van der Waals surface area contributed by atoms with E-state index in [0.29, 0.717) is 13.0 Å². The van der Waals surface area contributed by atoms with E-state index in [0.717, 1.165) is 5.56 Å². The van der Waals surface area contributed by atoms with Gasteiger partial charge in [-0.15, -0.1) is 0 Å². The van der Waals surface area contributed by atoms with Gasteiger partial charge < -0.3 is 15.3 Å². The van der Waals surface area contributed by atoms with E-state index in [4.69, 9.17) is 0 Å². The van der Waals surface area contributed by atoms with Crippen LogP contribution >= 0.6 is 0 Å². The first-order chi connectivity index (χ1) is 11.0. The van der Waals surface area contributed by atoms with Gasteiger partial charge in [0.25, 0.3) is 0 Å². The molecule has 1 aromatic heterocycles. The average molecular weight is 319 g/mol. The number of nitrogens with one attached hydrogen (secondary N) is 1. The van der Waals surface area contributed by atoms with Gasteiger partial charge in [0.05, 0.1) is 11.8 Å². The number of aromatic nitrogens is 1. The standard InChI is InChI=1S/C16H21N3O4/c1-2-14(20)19-9-12(6-13(10-19)16(22)23)15(21)18-8-11-4-3-5-17-7-11/h3-5,7,12-13H,2,6,8-10H2,1H3,(H,18,21)(H,22,23). The SMILES string of the molecule is CCC(=O)N1CC(C(=O)O)CC(C(=O)NCc2cccnc2)C1. The Bertz CT molecular complexity index is 576. The molecule has 2 N–H and O–H groups in total. The van der Waals surface area contributed by atoms with Gasteiger partial charge >= 0.3 is 5.97 Å². The number of carbonyl (C=O) groups is 3. The molecule has 0 aliphatic carbocycles. The number of carboxylic acids is 1. The molecule has 2 unspecified atom stereocenters. The van der Waals surface area contributed by atoms with Crippen LogP contribution in [-0.2, 0) is 20.9 Å². The summed E-state index contributed by atoms with van der Waals surface area (Å²) >= 11 is 0. The number of pyridine rings is 1. The molecule has 0 bridgehead atoms. The Labute approximate surface area is 134 Å². The van der Waals surface area contributed by atoms with E-state index in [-0.39, 0.29) is 31.3 Å². The topological polar surface area (TPSA) is 99.6 Å². The van der Waals surface area contributed by atoms with Crippen molar-refractivity contribution in [2.45, 2.75) is 26.3 Å². The minimum atomic E-state index is -0.969. The van der Waals surface area contributed by atoms with Crippen LogP contribution in [0.1, 0.15) is 25.3 Å². The van der Waals surface area contributed by atoms with Crippen molar-refractivity contribution >= 4 is 17.8 Å². The van der Waals surface area contributed by atoms with Gasteiger partial charge in [-0.1, -0.05) is 13.0 Å². The molecule has 2 atom stereocenters. The van der Waals surface area contributed by atoms with Gasteiger partial charge in [0.2, 0.25) is 11.8 Å². The molecule has 1 aliphatic rings. The van der Waals surface area contributed by atoms with Gasteiger partial charge in [-0.05, 0) is 18.1 Å². The molecule has 23 heavy (non-hydrogen) atoms. The van der Waals surface area contributed by atoms with E-state index in [2.05, 4.69) is 10.3 Å². The number of rotatable bonds is 5. The number of aliphatic carboxylic acids is 1. The van der Waals surface area contributed by atoms with Crippen LogP contribution in [0.5, 0.6) is 0 Å². The van der Waals surface area contributed by atoms with E-state index in [1.54, 1.807) is 25.4 Å². The molecule has 0 radical (unpaired) electrons. The minimum absolute atomic E-state index is 0.124. The summed E-state index contributed by atoms with van der Waals surface area (Å²) in [5.41, 5.74) is 0.868. The number of carboxylic acid groups (broad SMARTS) is 1. The molecule has 1 aromatic rings. The predicted octanol–water partition coefficient (Wildman–Crippen LogP) is 0.657. The number of amides is 2. The molecule has 0 aromatic carbocycles. The monoisotopic (exact) mass is 319 g/mol. The molecule has 1 saturated heterocycles. The van der Waals surface area contributed by atoms with E-state index in [9.17, 15) is 19.5 Å². The molecule has 124 valence electrons. The van der Waals surface area contributed by atoms with Crippen LogP contribution in [0.25, 0.3) is 0 Å². The van der Waals surface area contributed by atoms with Crippen molar-refractivity contribution in [1.82, 2.24) is 15.2 Å². The van der Waals surface area contributed by atoms with Crippen LogP contribution in [0, 0.1) is 11.8 Å². The Kier molecular flexibility index (Phi) is 5.67. The number of piperidine rings is 1. The molecule has 2 amide bonds. The normalized spacial score (nSPS) is 20.8. The Balaban J connectivity index is 1.99. The largest absolute Gasteiger partial charge is 0.481 e. The zero-order chi connectivity index (χ0) is 16.8. The van der Waals surface area contributed by atoms with E-state index >= 15 is 0 Å². The lowest BCUT2D eigenvalue weighted by atomic mass is 9.88. The third kappa shape index (κ3) is 4.51. The second kappa shape index (κ2) is 7.71. The number of carbonyl (C=O) groups excluding carboxylic acids is 2. The predicted molar refractivity (Wildman–Crippen MR) is 82.2 cm³/mol. The molecule has 2 heterocycles. The minimum Gasteiger partial charge on any atom is -0.481 e. The highest BCUT2D eigenvalue weighted by molar-refractivity contribution is 5.83. The third-order valence-electron chi connectivity index (χ3n) is 4.02. The van der Waals surface area contributed by atoms with Crippen LogP contribution in [0.15, 0.2) is 24.5 Å². The fraction of sp³-hybridized carbons (Fsp3) is 0.500. The second-order valence-corrected chi connectivity index (χ2v) is 5.70. The van der Waals surface area contributed by atoms with Crippen LogP contribution in [0.4, 0.5) is 0 Å². The maximum Gasteiger partial charge on any atom is 0.308 e. The number of nitrogens with zero attached hydrogens (tertiary/aromatic N) is 2. The molecular weight excluding hydrogens is 298 g/mol. The first kappa shape index (κ1) is 16.9. The fourth-order valence-electron chi connectivity index (χ4n) is 2.73. The highest BCUT2D eigenvalue weighted by Crippen LogP contribution is 2.23. The summed E-state index contributed by atoms with van der Waals surface area (Å²) in [4.78, 5) is 40.9. The van der Waals surface area contributed by atoms with Crippen LogP contribution in [0.3, 0.4) is 0 Å². The van der Waals surface area contributed by atoms with Crippen molar-refractivity contribution in [1.29, 1.82) is 0 Å². The zero-order valence-electron chi connectivity index (χ0n) is 13.1. The maximum atomic E-state index is 12.3. The van der Waals surface area contributed by atoms with Crippen molar-refractivity contribution in [2.75, 3.05) is 13.1 Å². The summed E-state index contributed by atoms with van der Waals surface area (Å²) in [5.74, 6) is -2.52. The molecular formula is C16H21N3O4. The Hall–Kier alpha value is -2.44. The van der Waals surface area contributed by atoms with Crippen molar-refractivity contribution in [3.05, 3.63) is 30.1 Å². The summed E-state index contributed by atoms with van der Waals surface area (Å²) in [6, 6.07) is 3.63. The molecule has 0 spiro atoms. The van der Waals surface area contributed by atoms with Crippen LogP contribution < -0.4 is 5.32 Å². The van der Waals surface area contributed by atoms with Crippen molar-refractivity contribution in [2.24, 2.45) is 11.8 Å². The highest BCUT2D eigenvalue weighted by Gasteiger charge is 2.36. The molecule has 1 aliphatic heterocycles. The first-order valence-corrected chi connectivity index (χ1v) is 7.68. The van der Waals surface area contributed by atoms with Gasteiger partial charge in [0, 0.05) is 38.4 Å². The van der Waals surface area contributed by atoms with Crippen molar-refractivity contribution in [3.63, 3.8) is 0 Å². The van der Waals surface area contributed by atoms with Crippen LogP contribution in [-0.4, -0.2) is 45.9 Å². The summed E-state index contributed by atoms with van der Waals surface area (Å²) < 4.78 is 0. The summed E-state index contributed by atoms with van der Waals surface area (Å²) in [6.07, 6.45) is 3.87. The van der Waals surface area contributed by atoms with Crippen molar-refractivity contribution in [3.8, 4) is 0 Å². The van der Waals surface area contributed by atoms with Gasteiger partial charge in [-0.25, -0.2) is 0 Å². The first-order valence-electron chi connectivity index (χ1n) is 7.68. The Morgan fingerprint density at radius 1 is 1.35 bits per heavy atom. The van der Waals surface area contributed by atoms with E-state index < -0.39 is 17.8 Å². The molecule has 2 rings (SSSR count). The highest BCUT2D eigenvalue weighted by atomic mass is 16.4. The second-order valence-electron chi connectivity index (χ2n) is 5.70. The lowest BCUT2D eigenvalue weighted by Gasteiger charge is -2.35. The van der Waals surface area contributed by atoms with Gasteiger partial charge in [-0.2, -0.15) is 0 Å². The van der Waals surface area contributed by atoms with E-state index in [1.165, 1.54) is 4.90 Å². The molecule has 7 nitrogen and oxygen atoms in total. The maximum absolute atomic E-state index is 12.3. The number of hydrogen-bond acceptors (Lipinski definition) is 4. The lowest BCUT2D eigenvalue weighted by molar-refractivity contribution is -0.148. The molecule has 7 heteroatoms. The van der Waals surface area contributed by atoms with Crippen LogP contribution in [0.2, 0.25) is 0 Å². The fourth-order valence-corrected chi connectivity index (χ4v) is 2.73. The third-order valence-corrected chi connectivity index (χ3v) is 4.02. The van der Waals surface area contributed by atoms with Gasteiger partial charge in [0.15, 0.2) is 0 Å². The molecule has 1 fully saturated rings. The van der Waals surface area contributed by atoms with E-state index in [1.807, 2.05) is 6.07 Å². The zero-order valence-corrected chi connectivity index (χ0v) is 13.1. The lowest BCUT2D eigenvalue weighted by Crippen LogP contribution is -2.50. The summed E-state index contributed by atoms with van der Waals surface area (Å²) in [6.45, 7) is 2.51.